The molecule has 1 atom stereocenters. The zero-order valence-electron chi connectivity index (χ0n) is 11.6. The van der Waals surface area contributed by atoms with E-state index in [9.17, 15) is 10.1 Å². The zero-order valence-corrected chi connectivity index (χ0v) is 13.2. The van der Waals surface area contributed by atoms with Gasteiger partial charge in [-0.3, -0.25) is 10.1 Å². The second kappa shape index (κ2) is 5.48. The first-order valence-electron chi connectivity index (χ1n) is 6.82. The van der Waals surface area contributed by atoms with Gasteiger partial charge in [0.15, 0.2) is 0 Å². The Labute approximate surface area is 131 Å². The molecule has 0 saturated heterocycles. The second-order valence-corrected chi connectivity index (χ2v) is 5.83. The Hall–Kier alpha value is -1.88. The van der Waals surface area contributed by atoms with Gasteiger partial charge in [-0.25, -0.2) is 0 Å². The predicted octanol–water partition coefficient (Wildman–Crippen LogP) is 4.57. The van der Waals surface area contributed by atoms with Crippen molar-refractivity contribution in [2.45, 2.75) is 24.7 Å². The summed E-state index contributed by atoms with van der Waals surface area (Å²) in [6.45, 7) is 2.10. The smallest absolute Gasteiger partial charge is 0.293 e. The summed E-state index contributed by atoms with van der Waals surface area (Å²) in [6.07, 6.45) is 0.910. The van der Waals surface area contributed by atoms with Crippen molar-refractivity contribution in [1.82, 2.24) is 0 Å². The summed E-state index contributed by atoms with van der Waals surface area (Å²) in [5.74, 6) is 0. The summed E-state index contributed by atoms with van der Waals surface area (Å²) in [5, 5.41) is 12.0. The monoisotopic (exact) mass is 346 g/mol. The molecule has 0 fully saturated rings. The number of nitrogens with zero attached hydrogens (tertiary/aromatic N) is 2. The number of hydrogen-bond acceptors (Lipinski definition) is 3. The van der Waals surface area contributed by atoms with Crippen molar-refractivity contribution < 1.29 is 4.92 Å². The fourth-order valence-electron chi connectivity index (χ4n) is 2.93. The number of para-hydroxylation sites is 1. The highest BCUT2D eigenvalue weighted by atomic mass is 79.9. The van der Waals surface area contributed by atoms with Crippen molar-refractivity contribution in [2.75, 3.05) is 4.90 Å². The molecule has 0 spiro atoms. The average Bonchev–Trinajstić information content (AvgIpc) is 2.82. The summed E-state index contributed by atoms with van der Waals surface area (Å²) in [7, 11) is 0. The Bertz CT molecular complexity index is 702. The molecule has 0 radical (unpaired) electrons. The Kier molecular flexibility index (Phi) is 3.68. The molecule has 1 unspecified atom stereocenters. The summed E-state index contributed by atoms with van der Waals surface area (Å²) in [5.41, 5.74) is 4.05. The normalized spacial score (nSPS) is 16.9. The first kappa shape index (κ1) is 14.1. The van der Waals surface area contributed by atoms with E-state index in [2.05, 4.69) is 33.8 Å². The molecule has 2 aromatic rings. The molecule has 0 aromatic heterocycles. The molecule has 2 aromatic carbocycles. The van der Waals surface area contributed by atoms with Crippen molar-refractivity contribution in [1.29, 1.82) is 0 Å². The molecular weight excluding hydrogens is 332 g/mol. The maximum Gasteiger partial charge on any atom is 0.293 e. The molecule has 0 amide bonds. The summed E-state index contributed by atoms with van der Waals surface area (Å²) in [4.78, 5) is 13.2. The molecule has 0 saturated carbocycles. The van der Waals surface area contributed by atoms with E-state index >= 15 is 0 Å². The molecule has 0 bridgehead atoms. The topological polar surface area (TPSA) is 46.4 Å². The SMILES string of the molecule is CC1Cc2ccccc2N1c1ccc(CBr)cc1[N+](=O)[O-]. The highest BCUT2D eigenvalue weighted by molar-refractivity contribution is 9.08. The second-order valence-electron chi connectivity index (χ2n) is 5.27. The van der Waals surface area contributed by atoms with E-state index < -0.39 is 0 Å². The van der Waals surface area contributed by atoms with Crippen molar-refractivity contribution in [3.63, 3.8) is 0 Å². The van der Waals surface area contributed by atoms with Gasteiger partial charge >= 0.3 is 0 Å². The van der Waals surface area contributed by atoms with E-state index in [0.717, 1.165) is 17.7 Å². The van der Waals surface area contributed by atoms with Crippen molar-refractivity contribution in [3.8, 4) is 0 Å². The van der Waals surface area contributed by atoms with Gasteiger partial charge < -0.3 is 4.90 Å². The summed E-state index contributed by atoms with van der Waals surface area (Å²) >= 11 is 3.35. The van der Waals surface area contributed by atoms with Gasteiger partial charge in [-0.2, -0.15) is 0 Å². The van der Waals surface area contributed by atoms with Gasteiger partial charge in [-0.1, -0.05) is 40.2 Å². The summed E-state index contributed by atoms with van der Waals surface area (Å²) < 4.78 is 0. The van der Waals surface area contributed by atoms with E-state index in [4.69, 9.17) is 0 Å². The van der Waals surface area contributed by atoms with Gasteiger partial charge in [0.05, 0.1) is 4.92 Å². The molecule has 0 aliphatic carbocycles. The van der Waals surface area contributed by atoms with E-state index in [1.54, 1.807) is 6.07 Å². The van der Waals surface area contributed by atoms with Crippen LogP contribution in [0, 0.1) is 10.1 Å². The largest absolute Gasteiger partial charge is 0.332 e. The minimum absolute atomic E-state index is 0.163. The molecule has 5 heteroatoms. The first-order valence-corrected chi connectivity index (χ1v) is 7.94. The van der Waals surface area contributed by atoms with Crippen LogP contribution in [-0.4, -0.2) is 11.0 Å². The van der Waals surface area contributed by atoms with Gasteiger partial charge in [0, 0.05) is 23.1 Å². The van der Waals surface area contributed by atoms with Crippen LogP contribution >= 0.6 is 15.9 Å². The lowest BCUT2D eigenvalue weighted by Crippen LogP contribution is -2.24. The van der Waals surface area contributed by atoms with E-state index in [1.165, 1.54) is 5.56 Å². The Morgan fingerprint density at radius 1 is 1.29 bits per heavy atom. The Morgan fingerprint density at radius 2 is 2.05 bits per heavy atom. The number of nitro benzene ring substituents is 1. The fraction of sp³-hybridized carbons (Fsp3) is 0.250. The molecule has 108 valence electrons. The maximum absolute atomic E-state index is 11.4. The quantitative estimate of drug-likeness (QED) is 0.464. The summed E-state index contributed by atoms with van der Waals surface area (Å²) in [6, 6.07) is 13.8. The number of hydrogen-bond donors (Lipinski definition) is 0. The number of anilines is 2. The van der Waals surface area contributed by atoms with E-state index in [-0.39, 0.29) is 16.7 Å². The lowest BCUT2D eigenvalue weighted by Gasteiger charge is -2.25. The van der Waals surface area contributed by atoms with Crippen LogP contribution in [-0.2, 0) is 11.8 Å². The van der Waals surface area contributed by atoms with Crippen LogP contribution in [0.3, 0.4) is 0 Å². The Morgan fingerprint density at radius 3 is 2.76 bits per heavy atom. The predicted molar refractivity (Wildman–Crippen MR) is 87.5 cm³/mol. The first-order chi connectivity index (χ1) is 10.1. The lowest BCUT2D eigenvalue weighted by molar-refractivity contribution is -0.384. The minimum Gasteiger partial charge on any atom is -0.332 e. The fourth-order valence-corrected chi connectivity index (χ4v) is 3.28. The van der Waals surface area contributed by atoms with Crippen LogP contribution in [0.4, 0.5) is 17.1 Å². The van der Waals surface area contributed by atoms with Gasteiger partial charge in [-0.05, 0) is 36.6 Å². The standard InChI is InChI=1S/C16H15BrN2O2/c1-11-8-13-4-2-3-5-14(13)18(11)15-7-6-12(10-17)9-16(15)19(20)21/h2-7,9,11H,8,10H2,1H3. The average molecular weight is 347 g/mol. The van der Waals surface area contributed by atoms with E-state index in [0.29, 0.717) is 11.0 Å². The lowest BCUT2D eigenvalue weighted by atomic mass is 10.1. The van der Waals surface area contributed by atoms with Crippen LogP contribution in [0.25, 0.3) is 0 Å². The molecule has 3 rings (SSSR count). The van der Waals surface area contributed by atoms with Crippen LogP contribution in [0.5, 0.6) is 0 Å². The van der Waals surface area contributed by atoms with Crippen LogP contribution in [0.1, 0.15) is 18.1 Å². The molecule has 1 heterocycles. The van der Waals surface area contributed by atoms with Crippen molar-refractivity contribution in [3.05, 3.63) is 63.7 Å². The molecule has 21 heavy (non-hydrogen) atoms. The van der Waals surface area contributed by atoms with E-state index in [1.807, 2.05) is 30.3 Å². The third-order valence-corrected chi connectivity index (χ3v) is 4.51. The molecule has 0 N–H and O–H groups in total. The van der Waals surface area contributed by atoms with Gasteiger partial charge in [0.1, 0.15) is 5.69 Å². The third kappa shape index (κ3) is 2.42. The van der Waals surface area contributed by atoms with Crippen molar-refractivity contribution in [2.24, 2.45) is 0 Å². The highest BCUT2D eigenvalue weighted by Gasteiger charge is 2.31. The molecular formula is C16H15BrN2O2. The van der Waals surface area contributed by atoms with Gasteiger partial charge in [0.25, 0.3) is 5.69 Å². The molecule has 1 aliphatic rings. The van der Waals surface area contributed by atoms with Crippen LogP contribution < -0.4 is 4.90 Å². The third-order valence-electron chi connectivity index (χ3n) is 3.86. The minimum atomic E-state index is -0.296. The number of nitro groups is 1. The number of rotatable bonds is 3. The van der Waals surface area contributed by atoms with Gasteiger partial charge in [0.2, 0.25) is 0 Å². The van der Waals surface area contributed by atoms with Gasteiger partial charge in [-0.15, -0.1) is 0 Å². The highest BCUT2D eigenvalue weighted by Crippen LogP contribution is 2.42. The maximum atomic E-state index is 11.4. The molecule has 1 aliphatic heterocycles. The Balaban J connectivity index is 2.14. The van der Waals surface area contributed by atoms with Crippen LogP contribution in [0.15, 0.2) is 42.5 Å². The number of halogens is 1. The van der Waals surface area contributed by atoms with Crippen molar-refractivity contribution >= 4 is 33.0 Å². The van der Waals surface area contributed by atoms with Crippen LogP contribution in [0.2, 0.25) is 0 Å². The number of benzene rings is 2. The molecule has 4 nitrogen and oxygen atoms in total. The number of fused-ring (bicyclic) bond motifs is 1. The zero-order chi connectivity index (χ0) is 15.0. The number of alkyl halides is 1.